The van der Waals surface area contributed by atoms with E-state index >= 15 is 0 Å². The second kappa shape index (κ2) is 8.66. The van der Waals surface area contributed by atoms with Crippen LogP contribution in [0.5, 0.6) is 0 Å². The van der Waals surface area contributed by atoms with Crippen LogP contribution in [0, 0.1) is 5.92 Å². The fourth-order valence-electron chi connectivity index (χ4n) is 3.55. The van der Waals surface area contributed by atoms with Crippen LogP contribution in [0.15, 0.2) is 76.2 Å². The number of carboxylic acids is 1. The van der Waals surface area contributed by atoms with Gasteiger partial charge in [0, 0.05) is 18.0 Å². The minimum Gasteiger partial charge on any atom is -0.478 e. The van der Waals surface area contributed by atoms with Gasteiger partial charge in [0.2, 0.25) is 5.91 Å². The van der Waals surface area contributed by atoms with Gasteiger partial charge < -0.3 is 14.8 Å². The number of aromatic carboxylic acids is 1. The van der Waals surface area contributed by atoms with E-state index < -0.39 is 17.8 Å². The number of furan rings is 1. The van der Waals surface area contributed by atoms with Gasteiger partial charge in [-0.2, -0.15) is 5.10 Å². The number of hydrazone groups is 1. The molecular formula is C23H19N3O5. The standard InChI is InChI=1S/C23H19N3O5/c27-21-20(18(13-24-21)14-5-2-1-3-6-14)22(28)26-25-12-17-9-10-19(31-17)15-7-4-8-16(11-15)23(29)30/h1-12,18,20H,13H2,(H,24,27)(H,26,28)(H,29,30). The molecule has 31 heavy (non-hydrogen) atoms. The lowest BCUT2D eigenvalue weighted by atomic mass is 9.88. The summed E-state index contributed by atoms with van der Waals surface area (Å²) in [5.74, 6) is -2.16. The summed E-state index contributed by atoms with van der Waals surface area (Å²) in [5.41, 5.74) is 4.08. The molecule has 2 amide bonds. The lowest BCUT2D eigenvalue weighted by Gasteiger charge is -2.15. The van der Waals surface area contributed by atoms with Crippen molar-refractivity contribution in [2.75, 3.05) is 6.54 Å². The molecule has 0 aliphatic carbocycles. The molecule has 0 spiro atoms. The first-order valence-corrected chi connectivity index (χ1v) is 9.62. The molecule has 4 rings (SSSR count). The zero-order chi connectivity index (χ0) is 21.8. The zero-order valence-corrected chi connectivity index (χ0v) is 16.3. The normalized spacial score (nSPS) is 18.1. The number of amides is 2. The largest absolute Gasteiger partial charge is 0.478 e. The van der Waals surface area contributed by atoms with Gasteiger partial charge in [-0.3, -0.25) is 9.59 Å². The molecule has 1 saturated heterocycles. The van der Waals surface area contributed by atoms with E-state index in [0.717, 1.165) is 5.56 Å². The van der Waals surface area contributed by atoms with Crippen molar-refractivity contribution < 1.29 is 23.9 Å². The average Bonchev–Trinajstić information content (AvgIpc) is 3.41. The molecule has 1 aromatic heterocycles. The Labute approximate surface area is 177 Å². The Kier molecular flexibility index (Phi) is 5.61. The highest BCUT2D eigenvalue weighted by atomic mass is 16.4. The van der Waals surface area contributed by atoms with Crippen molar-refractivity contribution in [1.82, 2.24) is 10.7 Å². The Hall–Kier alpha value is -4.20. The van der Waals surface area contributed by atoms with E-state index in [9.17, 15) is 14.4 Å². The number of hydrogen-bond acceptors (Lipinski definition) is 5. The summed E-state index contributed by atoms with van der Waals surface area (Å²) in [5, 5.41) is 15.7. The molecule has 2 heterocycles. The number of benzene rings is 2. The molecule has 1 aliphatic rings. The van der Waals surface area contributed by atoms with Gasteiger partial charge in [-0.1, -0.05) is 42.5 Å². The van der Waals surface area contributed by atoms with Crippen LogP contribution < -0.4 is 10.7 Å². The third kappa shape index (κ3) is 4.37. The summed E-state index contributed by atoms with van der Waals surface area (Å²) in [7, 11) is 0. The predicted octanol–water partition coefficient (Wildman–Crippen LogP) is 2.62. The van der Waals surface area contributed by atoms with Gasteiger partial charge in [0.15, 0.2) is 0 Å². The van der Waals surface area contributed by atoms with Crippen molar-refractivity contribution >= 4 is 24.0 Å². The van der Waals surface area contributed by atoms with Crippen LogP contribution in [0.3, 0.4) is 0 Å². The Morgan fingerprint density at radius 3 is 2.68 bits per heavy atom. The summed E-state index contributed by atoms with van der Waals surface area (Å²) in [6.07, 6.45) is 1.33. The molecule has 156 valence electrons. The maximum atomic E-state index is 12.6. The molecule has 2 aromatic carbocycles. The van der Waals surface area contributed by atoms with Gasteiger partial charge in [-0.15, -0.1) is 0 Å². The molecule has 8 nitrogen and oxygen atoms in total. The summed E-state index contributed by atoms with van der Waals surface area (Å²) >= 11 is 0. The van der Waals surface area contributed by atoms with Crippen LogP contribution in [-0.4, -0.2) is 35.6 Å². The first-order valence-electron chi connectivity index (χ1n) is 9.62. The third-order valence-corrected chi connectivity index (χ3v) is 5.08. The van der Waals surface area contributed by atoms with Gasteiger partial charge in [0.05, 0.1) is 11.8 Å². The fourth-order valence-corrected chi connectivity index (χ4v) is 3.55. The van der Waals surface area contributed by atoms with Crippen molar-refractivity contribution in [3.05, 3.63) is 83.6 Å². The second-order valence-corrected chi connectivity index (χ2v) is 7.06. The summed E-state index contributed by atoms with van der Waals surface area (Å²) in [4.78, 5) is 35.9. The topological polar surface area (TPSA) is 121 Å². The first kappa shape index (κ1) is 20.1. The minimum absolute atomic E-state index is 0.152. The summed E-state index contributed by atoms with van der Waals surface area (Å²) in [6.45, 7) is 0.390. The third-order valence-electron chi connectivity index (χ3n) is 5.08. The van der Waals surface area contributed by atoms with Gasteiger partial charge in [-0.25, -0.2) is 10.2 Å². The second-order valence-electron chi connectivity index (χ2n) is 7.06. The van der Waals surface area contributed by atoms with Crippen LogP contribution in [0.25, 0.3) is 11.3 Å². The van der Waals surface area contributed by atoms with E-state index in [0.29, 0.717) is 23.6 Å². The van der Waals surface area contributed by atoms with Gasteiger partial charge in [0.1, 0.15) is 17.4 Å². The molecule has 2 unspecified atom stereocenters. The highest BCUT2D eigenvalue weighted by Crippen LogP contribution is 2.29. The monoisotopic (exact) mass is 417 g/mol. The van der Waals surface area contributed by atoms with Gasteiger partial charge >= 0.3 is 5.97 Å². The highest BCUT2D eigenvalue weighted by molar-refractivity contribution is 6.03. The van der Waals surface area contributed by atoms with Crippen molar-refractivity contribution in [2.24, 2.45) is 11.0 Å². The minimum atomic E-state index is -1.03. The van der Waals surface area contributed by atoms with Gasteiger partial charge in [0.25, 0.3) is 5.91 Å². The van der Waals surface area contributed by atoms with E-state index in [1.165, 1.54) is 18.3 Å². The number of nitrogens with one attached hydrogen (secondary N) is 2. The fraction of sp³-hybridized carbons (Fsp3) is 0.130. The number of carbonyl (C=O) groups is 3. The van der Waals surface area contributed by atoms with Crippen molar-refractivity contribution in [1.29, 1.82) is 0 Å². The van der Waals surface area contributed by atoms with Crippen molar-refractivity contribution in [3.8, 4) is 11.3 Å². The van der Waals surface area contributed by atoms with Crippen molar-refractivity contribution in [2.45, 2.75) is 5.92 Å². The molecule has 1 fully saturated rings. The molecule has 0 radical (unpaired) electrons. The quantitative estimate of drug-likeness (QED) is 0.323. The Bertz CT molecular complexity index is 1150. The van der Waals surface area contributed by atoms with Gasteiger partial charge in [-0.05, 0) is 29.8 Å². The van der Waals surface area contributed by atoms with Crippen LogP contribution in [0.4, 0.5) is 0 Å². The molecular weight excluding hydrogens is 398 g/mol. The lowest BCUT2D eigenvalue weighted by molar-refractivity contribution is -0.133. The number of carbonyl (C=O) groups excluding carboxylic acids is 2. The molecule has 0 saturated carbocycles. The Morgan fingerprint density at radius 2 is 1.90 bits per heavy atom. The zero-order valence-electron chi connectivity index (χ0n) is 16.3. The molecule has 3 N–H and O–H groups in total. The number of carboxylic acid groups (broad SMARTS) is 1. The van der Waals surface area contributed by atoms with Crippen molar-refractivity contribution in [3.63, 3.8) is 0 Å². The van der Waals surface area contributed by atoms with Crippen LogP contribution in [0.2, 0.25) is 0 Å². The average molecular weight is 417 g/mol. The Balaban J connectivity index is 1.43. The van der Waals surface area contributed by atoms with E-state index in [4.69, 9.17) is 9.52 Å². The Morgan fingerprint density at radius 1 is 1.10 bits per heavy atom. The van der Waals surface area contributed by atoms with Crippen LogP contribution in [0.1, 0.15) is 27.6 Å². The summed E-state index contributed by atoms with van der Waals surface area (Å²) in [6, 6.07) is 19.1. The lowest BCUT2D eigenvalue weighted by Crippen LogP contribution is -2.34. The summed E-state index contributed by atoms with van der Waals surface area (Å²) < 4.78 is 5.65. The SMILES string of the molecule is O=C(O)c1cccc(-c2ccc(C=NNC(=O)C3C(=O)NCC3c3ccccc3)o2)c1. The predicted molar refractivity (Wildman–Crippen MR) is 113 cm³/mol. The molecule has 8 heteroatoms. The molecule has 1 aliphatic heterocycles. The highest BCUT2D eigenvalue weighted by Gasteiger charge is 2.40. The molecule has 0 bridgehead atoms. The van der Waals surface area contributed by atoms with Crippen LogP contribution in [-0.2, 0) is 9.59 Å². The number of rotatable bonds is 6. The van der Waals surface area contributed by atoms with E-state index in [-0.39, 0.29) is 17.4 Å². The van der Waals surface area contributed by atoms with E-state index in [1.807, 2.05) is 30.3 Å². The maximum Gasteiger partial charge on any atom is 0.335 e. The van der Waals surface area contributed by atoms with E-state index in [2.05, 4.69) is 15.8 Å². The maximum absolute atomic E-state index is 12.6. The number of nitrogens with zero attached hydrogens (tertiary/aromatic N) is 1. The molecule has 2 atom stereocenters. The van der Waals surface area contributed by atoms with Crippen LogP contribution >= 0.6 is 0 Å². The molecule has 3 aromatic rings. The van der Waals surface area contributed by atoms with E-state index in [1.54, 1.807) is 24.3 Å². The first-order chi connectivity index (χ1) is 15.0. The number of hydrogen-bond donors (Lipinski definition) is 3. The smallest absolute Gasteiger partial charge is 0.335 e.